The Balaban J connectivity index is 1.51. The van der Waals surface area contributed by atoms with Gasteiger partial charge in [0.05, 0.1) is 5.56 Å². The molecule has 24 heavy (non-hydrogen) atoms. The first-order valence-electron chi connectivity index (χ1n) is 7.62. The van der Waals surface area contributed by atoms with Crippen LogP contribution in [0.1, 0.15) is 24.2 Å². The molecule has 0 radical (unpaired) electrons. The molecule has 0 bridgehead atoms. The van der Waals surface area contributed by atoms with Crippen molar-refractivity contribution >= 4 is 0 Å². The molecule has 1 aromatic carbocycles. The highest BCUT2D eigenvalue weighted by atomic mass is 19.4. The number of ether oxygens (including phenoxy) is 2. The van der Waals surface area contributed by atoms with E-state index in [-0.39, 0.29) is 12.4 Å². The first-order chi connectivity index (χ1) is 11.5. The average molecular weight is 342 g/mol. The molecule has 1 saturated heterocycles. The lowest BCUT2D eigenvalue weighted by atomic mass is 10.2. The van der Waals surface area contributed by atoms with E-state index in [2.05, 4.69) is 10.5 Å². The summed E-state index contributed by atoms with van der Waals surface area (Å²) in [5.41, 5.74) is -0.759. The Bertz CT molecular complexity index is 667. The number of hydrogen-bond donors (Lipinski definition) is 1. The van der Waals surface area contributed by atoms with E-state index in [4.69, 9.17) is 14.0 Å². The van der Waals surface area contributed by atoms with Gasteiger partial charge >= 0.3 is 6.18 Å². The SMILES string of the molecule is FC(F)(F)c1cccc(OCc2cc(OC[C@@H]3CCCN3)no2)c1. The molecule has 0 unspecified atom stereocenters. The van der Waals surface area contributed by atoms with Crippen molar-refractivity contribution in [2.75, 3.05) is 13.2 Å². The van der Waals surface area contributed by atoms with E-state index in [0.717, 1.165) is 31.5 Å². The van der Waals surface area contributed by atoms with Crippen molar-refractivity contribution in [3.05, 3.63) is 41.7 Å². The van der Waals surface area contributed by atoms with Gasteiger partial charge in [-0.25, -0.2) is 0 Å². The van der Waals surface area contributed by atoms with Crippen LogP contribution in [0.3, 0.4) is 0 Å². The van der Waals surface area contributed by atoms with Crippen molar-refractivity contribution in [3.63, 3.8) is 0 Å². The number of aromatic nitrogens is 1. The van der Waals surface area contributed by atoms with Gasteiger partial charge in [0.2, 0.25) is 0 Å². The van der Waals surface area contributed by atoms with E-state index < -0.39 is 11.7 Å². The van der Waals surface area contributed by atoms with Crippen LogP contribution in [0.2, 0.25) is 0 Å². The van der Waals surface area contributed by atoms with Crippen LogP contribution in [-0.2, 0) is 12.8 Å². The third kappa shape index (κ3) is 4.41. The van der Waals surface area contributed by atoms with Crippen LogP contribution in [0.5, 0.6) is 11.6 Å². The Morgan fingerprint density at radius 2 is 2.12 bits per heavy atom. The smallest absolute Gasteiger partial charge is 0.416 e. The van der Waals surface area contributed by atoms with Crippen LogP contribution in [0.25, 0.3) is 0 Å². The Kier molecular flexibility index (Phi) is 4.94. The molecule has 1 N–H and O–H groups in total. The second-order valence-electron chi connectivity index (χ2n) is 5.55. The summed E-state index contributed by atoms with van der Waals surface area (Å²) in [4.78, 5) is 0. The van der Waals surface area contributed by atoms with Crippen LogP contribution < -0.4 is 14.8 Å². The van der Waals surface area contributed by atoms with E-state index in [9.17, 15) is 13.2 Å². The van der Waals surface area contributed by atoms with Crippen LogP contribution in [-0.4, -0.2) is 24.4 Å². The highest BCUT2D eigenvalue weighted by Gasteiger charge is 2.30. The largest absolute Gasteiger partial charge is 0.486 e. The fourth-order valence-electron chi connectivity index (χ4n) is 2.43. The molecule has 0 amide bonds. The number of rotatable bonds is 6. The number of nitrogens with zero attached hydrogens (tertiary/aromatic N) is 1. The van der Waals surface area contributed by atoms with Crippen molar-refractivity contribution < 1.29 is 27.2 Å². The zero-order valence-electron chi connectivity index (χ0n) is 12.8. The lowest BCUT2D eigenvalue weighted by molar-refractivity contribution is -0.137. The van der Waals surface area contributed by atoms with Gasteiger partial charge in [0.15, 0.2) is 5.76 Å². The summed E-state index contributed by atoms with van der Waals surface area (Å²) in [6.45, 7) is 1.46. The first-order valence-corrected chi connectivity index (χ1v) is 7.62. The van der Waals surface area contributed by atoms with Gasteiger partial charge in [0, 0.05) is 12.1 Å². The second kappa shape index (κ2) is 7.12. The summed E-state index contributed by atoms with van der Waals surface area (Å²) >= 11 is 0. The molecule has 2 aromatic rings. The molecule has 1 fully saturated rings. The molecule has 3 rings (SSSR count). The lowest BCUT2D eigenvalue weighted by Crippen LogP contribution is -2.28. The fraction of sp³-hybridized carbons (Fsp3) is 0.438. The van der Waals surface area contributed by atoms with E-state index in [1.807, 2.05) is 0 Å². The Hall–Kier alpha value is -2.22. The van der Waals surface area contributed by atoms with E-state index >= 15 is 0 Å². The van der Waals surface area contributed by atoms with Crippen molar-refractivity contribution in [2.45, 2.75) is 31.7 Å². The Morgan fingerprint density at radius 3 is 2.88 bits per heavy atom. The van der Waals surface area contributed by atoms with E-state index in [0.29, 0.717) is 24.3 Å². The second-order valence-corrected chi connectivity index (χ2v) is 5.55. The molecule has 1 aliphatic rings. The summed E-state index contributed by atoms with van der Waals surface area (Å²) in [7, 11) is 0. The standard InChI is InChI=1S/C16H17F3N2O3/c17-16(18,19)11-3-1-5-13(7-11)22-10-14-8-15(21-24-14)23-9-12-4-2-6-20-12/h1,3,5,7-8,12,20H,2,4,6,9-10H2/t12-/m0/s1. The van der Waals surface area contributed by atoms with Crippen molar-refractivity contribution in [2.24, 2.45) is 0 Å². The number of hydrogen-bond acceptors (Lipinski definition) is 5. The predicted octanol–water partition coefficient (Wildman–Crippen LogP) is 3.40. The molecule has 0 aliphatic carbocycles. The van der Waals surface area contributed by atoms with E-state index in [1.165, 1.54) is 12.1 Å². The third-order valence-electron chi connectivity index (χ3n) is 3.67. The highest BCUT2D eigenvalue weighted by Crippen LogP contribution is 2.31. The van der Waals surface area contributed by atoms with Crippen molar-refractivity contribution in [1.82, 2.24) is 10.5 Å². The quantitative estimate of drug-likeness (QED) is 0.872. The number of benzene rings is 1. The van der Waals surface area contributed by atoms with Crippen molar-refractivity contribution in [3.8, 4) is 11.6 Å². The molecular formula is C16H17F3N2O3. The molecule has 0 spiro atoms. The first kappa shape index (κ1) is 16.6. The molecule has 8 heteroatoms. The van der Waals surface area contributed by atoms with Gasteiger partial charge < -0.3 is 19.3 Å². The molecule has 1 aliphatic heterocycles. The summed E-state index contributed by atoms with van der Waals surface area (Å²) in [6.07, 6.45) is -2.22. The summed E-state index contributed by atoms with van der Waals surface area (Å²) in [5.74, 6) is 0.826. The minimum atomic E-state index is -4.40. The minimum absolute atomic E-state index is 0.0284. The fourth-order valence-corrected chi connectivity index (χ4v) is 2.43. The highest BCUT2D eigenvalue weighted by molar-refractivity contribution is 5.30. The summed E-state index contributed by atoms with van der Waals surface area (Å²) < 4.78 is 53.8. The van der Waals surface area contributed by atoms with Crippen molar-refractivity contribution in [1.29, 1.82) is 0 Å². The molecule has 5 nitrogen and oxygen atoms in total. The number of nitrogens with one attached hydrogen (secondary N) is 1. The average Bonchev–Trinajstić information content (AvgIpc) is 3.22. The zero-order chi connectivity index (χ0) is 17.0. The number of halogens is 3. The van der Waals surface area contributed by atoms with Crippen LogP contribution in [0, 0.1) is 0 Å². The van der Waals surface area contributed by atoms with Crippen LogP contribution >= 0.6 is 0 Å². The van der Waals surface area contributed by atoms with Gasteiger partial charge in [0.25, 0.3) is 5.88 Å². The Labute approximate surface area is 136 Å². The van der Waals surface area contributed by atoms with Crippen LogP contribution in [0.4, 0.5) is 13.2 Å². The minimum Gasteiger partial charge on any atom is -0.486 e. The molecular weight excluding hydrogens is 325 g/mol. The summed E-state index contributed by atoms with van der Waals surface area (Å²) in [5, 5.41) is 7.06. The maximum atomic E-state index is 12.6. The lowest BCUT2D eigenvalue weighted by Gasteiger charge is -2.09. The Morgan fingerprint density at radius 1 is 1.25 bits per heavy atom. The van der Waals surface area contributed by atoms with E-state index in [1.54, 1.807) is 6.07 Å². The van der Waals surface area contributed by atoms with Gasteiger partial charge in [-0.2, -0.15) is 13.2 Å². The molecule has 130 valence electrons. The maximum absolute atomic E-state index is 12.6. The normalized spacial score (nSPS) is 17.9. The zero-order valence-corrected chi connectivity index (χ0v) is 12.8. The predicted molar refractivity (Wildman–Crippen MR) is 78.8 cm³/mol. The monoisotopic (exact) mass is 342 g/mol. The molecule has 0 saturated carbocycles. The molecule has 1 aromatic heterocycles. The summed E-state index contributed by atoms with van der Waals surface area (Å²) in [6, 6.07) is 6.56. The van der Waals surface area contributed by atoms with Gasteiger partial charge in [-0.15, -0.1) is 0 Å². The topological polar surface area (TPSA) is 56.5 Å². The molecule has 2 heterocycles. The van der Waals surface area contributed by atoms with Gasteiger partial charge in [-0.1, -0.05) is 6.07 Å². The van der Waals surface area contributed by atoms with Crippen LogP contribution in [0.15, 0.2) is 34.9 Å². The number of alkyl halides is 3. The maximum Gasteiger partial charge on any atom is 0.416 e. The van der Waals surface area contributed by atoms with Gasteiger partial charge in [-0.05, 0) is 42.7 Å². The van der Waals surface area contributed by atoms with Gasteiger partial charge in [0.1, 0.15) is 19.0 Å². The third-order valence-corrected chi connectivity index (χ3v) is 3.67. The van der Waals surface area contributed by atoms with Gasteiger partial charge in [-0.3, -0.25) is 0 Å². The molecule has 1 atom stereocenters.